The smallest absolute Gasteiger partial charge is 0.299 e. The van der Waals surface area contributed by atoms with E-state index in [1.807, 2.05) is 0 Å². The highest BCUT2D eigenvalue weighted by Crippen LogP contribution is 2.38. The first kappa shape index (κ1) is 14.7. The number of nitrogens with one attached hydrogen (secondary N) is 1. The van der Waals surface area contributed by atoms with Crippen LogP contribution in [0.2, 0.25) is 0 Å². The van der Waals surface area contributed by atoms with E-state index in [1.165, 1.54) is 12.1 Å². The van der Waals surface area contributed by atoms with E-state index in [0.717, 1.165) is 38.4 Å². The van der Waals surface area contributed by atoms with E-state index in [4.69, 9.17) is 4.74 Å². The fourth-order valence-electron chi connectivity index (χ4n) is 3.46. The largest absolute Gasteiger partial charge is 0.378 e. The highest BCUT2D eigenvalue weighted by atomic mass is 16.6. The Morgan fingerprint density at radius 1 is 1.14 bits per heavy atom. The maximum atomic E-state index is 11.2. The van der Waals surface area contributed by atoms with Crippen LogP contribution >= 0.6 is 0 Å². The number of ether oxygens (including phenoxy) is 1. The number of hydrogen-bond donors (Lipinski definition) is 1. The van der Waals surface area contributed by atoms with Crippen molar-refractivity contribution in [2.45, 2.75) is 37.8 Å². The summed E-state index contributed by atoms with van der Waals surface area (Å²) in [6.45, 7) is 0.732. The van der Waals surface area contributed by atoms with Gasteiger partial charge >= 0.3 is 0 Å². The summed E-state index contributed by atoms with van der Waals surface area (Å²) < 4.78 is 5.69. The van der Waals surface area contributed by atoms with Gasteiger partial charge in [-0.3, -0.25) is 20.2 Å². The Labute approximate surface area is 126 Å². The first-order valence-electron chi connectivity index (χ1n) is 7.37. The molecule has 1 aliphatic carbocycles. The van der Waals surface area contributed by atoms with E-state index in [2.05, 4.69) is 5.32 Å². The fourth-order valence-corrected chi connectivity index (χ4v) is 3.46. The first-order chi connectivity index (χ1) is 10.6. The van der Waals surface area contributed by atoms with Crippen molar-refractivity contribution in [3.05, 3.63) is 38.4 Å². The van der Waals surface area contributed by atoms with Gasteiger partial charge in [0.25, 0.3) is 11.4 Å². The molecule has 3 rings (SSSR count). The summed E-state index contributed by atoms with van der Waals surface area (Å²) in [6.07, 6.45) is 4.15. The first-order valence-corrected chi connectivity index (χ1v) is 7.37. The molecule has 0 radical (unpaired) electrons. The molecule has 1 aromatic rings. The second-order valence-corrected chi connectivity index (χ2v) is 5.76. The van der Waals surface area contributed by atoms with Crippen molar-refractivity contribution in [1.29, 1.82) is 0 Å². The van der Waals surface area contributed by atoms with Crippen LogP contribution in [-0.4, -0.2) is 28.6 Å². The zero-order chi connectivity index (χ0) is 15.7. The molecule has 2 aliphatic rings. The van der Waals surface area contributed by atoms with E-state index in [1.54, 1.807) is 0 Å². The van der Waals surface area contributed by atoms with Gasteiger partial charge in [0.15, 0.2) is 0 Å². The van der Waals surface area contributed by atoms with Crippen LogP contribution in [0.4, 0.5) is 17.1 Å². The van der Waals surface area contributed by atoms with Gasteiger partial charge < -0.3 is 10.1 Å². The number of nitrogens with zero attached hydrogens (tertiary/aromatic N) is 2. The SMILES string of the molecule is O=[N+]([O-])c1ccc(NC2CCCC3OCCC23)c([N+](=O)[O-])c1. The van der Waals surface area contributed by atoms with E-state index >= 15 is 0 Å². The molecule has 1 saturated carbocycles. The fraction of sp³-hybridized carbons (Fsp3) is 0.571. The summed E-state index contributed by atoms with van der Waals surface area (Å²) >= 11 is 0. The van der Waals surface area contributed by atoms with Crippen LogP contribution in [0.5, 0.6) is 0 Å². The minimum absolute atomic E-state index is 0.112. The van der Waals surface area contributed by atoms with Gasteiger partial charge in [-0.25, -0.2) is 0 Å². The normalized spacial score (nSPS) is 27.2. The zero-order valence-electron chi connectivity index (χ0n) is 11.9. The van der Waals surface area contributed by atoms with Crippen LogP contribution in [-0.2, 0) is 4.74 Å². The standard InChI is InChI=1S/C14H17N3O5/c18-16(19)9-4-5-12(13(8-9)17(20)21)15-11-2-1-3-14-10(11)6-7-22-14/h4-5,8,10-11,14-15H,1-3,6-7H2. The lowest BCUT2D eigenvalue weighted by Gasteiger charge is -2.33. The molecule has 1 saturated heterocycles. The lowest BCUT2D eigenvalue weighted by Crippen LogP contribution is -2.38. The van der Waals surface area contributed by atoms with Crippen LogP contribution < -0.4 is 5.32 Å². The lowest BCUT2D eigenvalue weighted by molar-refractivity contribution is -0.393. The molecule has 2 fully saturated rings. The Hall–Kier alpha value is -2.22. The van der Waals surface area contributed by atoms with E-state index < -0.39 is 9.85 Å². The van der Waals surface area contributed by atoms with Crippen molar-refractivity contribution in [2.24, 2.45) is 5.92 Å². The van der Waals surface area contributed by atoms with E-state index in [9.17, 15) is 20.2 Å². The summed E-state index contributed by atoms with van der Waals surface area (Å²) in [7, 11) is 0. The van der Waals surface area contributed by atoms with Crippen molar-refractivity contribution in [3.8, 4) is 0 Å². The number of fused-ring (bicyclic) bond motifs is 1. The third-order valence-electron chi connectivity index (χ3n) is 4.51. The predicted molar refractivity (Wildman–Crippen MR) is 78.9 cm³/mol. The lowest BCUT2D eigenvalue weighted by atomic mass is 9.81. The van der Waals surface area contributed by atoms with Gasteiger partial charge in [-0.15, -0.1) is 0 Å². The molecule has 1 heterocycles. The maximum absolute atomic E-state index is 11.2. The van der Waals surface area contributed by atoms with Gasteiger partial charge in [-0.1, -0.05) is 0 Å². The number of nitro groups is 2. The van der Waals surface area contributed by atoms with Gasteiger partial charge in [0, 0.05) is 24.6 Å². The average Bonchev–Trinajstić information content (AvgIpc) is 2.96. The Morgan fingerprint density at radius 2 is 1.95 bits per heavy atom. The molecule has 0 aromatic heterocycles. The topological polar surface area (TPSA) is 108 Å². The Bertz CT molecular complexity index is 606. The monoisotopic (exact) mass is 307 g/mol. The summed E-state index contributed by atoms with van der Waals surface area (Å²) in [5.41, 5.74) is -0.189. The third-order valence-corrected chi connectivity index (χ3v) is 4.51. The van der Waals surface area contributed by atoms with Crippen molar-refractivity contribution >= 4 is 17.1 Å². The van der Waals surface area contributed by atoms with Gasteiger partial charge in [-0.2, -0.15) is 0 Å². The number of anilines is 1. The molecular formula is C14H17N3O5. The predicted octanol–water partition coefficient (Wildman–Crippen LogP) is 2.87. The number of hydrogen-bond acceptors (Lipinski definition) is 6. The maximum Gasteiger partial charge on any atom is 0.299 e. The molecule has 1 aromatic carbocycles. The number of rotatable bonds is 4. The summed E-state index contributed by atoms with van der Waals surface area (Å²) in [6, 6.07) is 3.84. The molecular weight excluding hydrogens is 290 g/mol. The summed E-state index contributed by atoms with van der Waals surface area (Å²) in [4.78, 5) is 20.7. The van der Waals surface area contributed by atoms with Crippen LogP contribution in [0.3, 0.4) is 0 Å². The molecule has 1 N–H and O–H groups in total. The van der Waals surface area contributed by atoms with E-state index in [-0.39, 0.29) is 23.5 Å². The second-order valence-electron chi connectivity index (χ2n) is 5.76. The van der Waals surface area contributed by atoms with Gasteiger partial charge in [0.2, 0.25) is 0 Å². The quantitative estimate of drug-likeness (QED) is 0.677. The molecule has 0 bridgehead atoms. The zero-order valence-corrected chi connectivity index (χ0v) is 11.9. The molecule has 8 nitrogen and oxygen atoms in total. The van der Waals surface area contributed by atoms with E-state index in [0.29, 0.717) is 11.6 Å². The summed E-state index contributed by atoms with van der Waals surface area (Å²) in [5, 5.41) is 25.2. The minimum Gasteiger partial charge on any atom is -0.378 e. The van der Waals surface area contributed by atoms with Crippen LogP contribution in [0.15, 0.2) is 18.2 Å². The van der Waals surface area contributed by atoms with Crippen LogP contribution in [0, 0.1) is 26.1 Å². The highest BCUT2D eigenvalue weighted by molar-refractivity contribution is 5.65. The van der Waals surface area contributed by atoms with Gasteiger partial charge in [0.05, 0.1) is 22.0 Å². The number of non-ortho nitro benzene ring substituents is 1. The van der Waals surface area contributed by atoms with Crippen molar-refractivity contribution in [3.63, 3.8) is 0 Å². The molecule has 0 spiro atoms. The van der Waals surface area contributed by atoms with Crippen molar-refractivity contribution < 1.29 is 14.6 Å². The molecule has 22 heavy (non-hydrogen) atoms. The molecule has 3 atom stereocenters. The average molecular weight is 307 g/mol. The third kappa shape index (κ3) is 2.74. The van der Waals surface area contributed by atoms with Crippen LogP contribution in [0.1, 0.15) is 25.7 Å². The van der Waals surface area contributed by atoms with Crippen molar-refractivity contribution in [2.75, 3.05) is 11.9 Å². The summed E-state index contributed by atoms with van der Waals surface area (Å²) in [5.74, 6) is 0.351. The Kier molecular flexibility index (Phi) is 3.93. The molecule has 118 valence electrons. The van der Waals surface area contributed by atoms with Gasteiger partial charge in [-0.05, 0) is 31.7 Å². The highest BCUT2D eigenvalue weighted by Gasteiger charge is 2.38. The molecule has 1 aliphatic heterocycles. The number of benzene rings is 1. The second kappa shape index (κ2) is 5.88. The molecule has 0 amide bonds. The Morgan fingerprint density at radius 3 is 2.68 bits per heavy atom. The minimum atomic E-state index is -0.627. The Balaban J connectivity index is 1.85. The molecule has 8 heteroatoms. The number of nitro benzene ring substituents is 2. The van der Waals surface area contributed by atoms with Crippen molar-refractivity contribution in [1.82, 2.24) is 0 Å². The van der Waals surface area contributed by atoms with Gasteiger partial charge in [0.1, 0.15) is 5.69 Å². The van der Waals surface area contributed by atoms with Crippen LogP contribution in [0.25, 0.3) is 0 Å². The molecule has 3 unspecified atom stereocenters.